The summed E-state index contributed by atoms with van der Waals surface area (Å²) in [6.07, 6.45) is 93.8. The highest BCUT2D eigenvalue weighted by Gasteiger charge is 2.30. The van der Waals surface area contributed by atoms with E-state index in [4.69, 9.17) is 37.0 Å². The number of aliphatic hydroxyl groups is 1. The molecule has 0 aromatic rings. The number of rotatable bonds is 77. The van der Waals surface area contributed by atoms with E-state index in [1.165, 1.54) is 96.3 Å². The van der Waals surface area contributed by atoms with Crippen molar-refractivity contribution in [2.75, 3.05) is 39.6 Å². The van der Waals surface area contributed by atoms with Gasteiger partial charge in [0.25, 0.3) is 0 Å². The van der Waals surface area contributed by atoms with Crippen molar-refractivity contribution in [3.8, 4) is 0 Å². The van der Waals surface area contributed by atoms with Gasteiger partial charge < -0.3 is 33.8 Å². The third kappa shape index (κ3) is 78.8. The third-order valence-electron chi connectivity index (χ3n) is 17.0. The maximum Gasteiger partial charge on any atom is 0.472 e. The van der Waals surface area contributed by atoms with Crippen LogP contribution in [0.25, 0.3) is 0 Å². The molecule has 108 heavy (non-hydrogen) atoms. The zero-order valence-electron chi connectivity index (χ0n) is 67.5. The van der Waals surface area contributed by atoms with E-state index in [0.29, 0.717) is 38.5 Å². The largest absolute Gasteiger partial charge is 0.472 e. The number of phosphoric ester groups is 2. The van der Waals surface area contributed by atoms with Crippen molar-refractivity contribution in [1.29, 1.82) is 0 Å². The van der Waals surface area contributed by atoms with E-state index in [-0.39, 0.29) is 25.7 Å². The highest BCUT2D eigenvalue weighted by molar-refractivity contribution is 7.47. The van der Waals surface area contributed by atoms with Gasteiger partial charge in [-0.25, -0.2) is 9.13 Å². The molecule has 616 valence electrons. The summed E-state index contributed by atoms with van der Waals surface area (Å²) in [5.41, 5.74) is 0. The molecule has 0 spiro atoms. The van der Waals surface area contributed by atoms with Gasteiger partial charge in [0.2, 0.25) is 0 Å². The summed E-state index contributed by atoms with van der Waals surface area (Å²) < 4.78 is 68.5. The number of ether oxygens (including phenoxy) is 4. The van der Waals surface area contributed by atoms with E-state index in [0.717, 1.165) is 135 Å². The number of carbonyl (C=O) groups is 4. The third-order valence-corrected chi connectivity index (χ3v) is 18.9. The lowest BCUT2D eigenvalue weighted by Gasteiger charge is -2.21. The standard InChI is InChI=1S/C89H148O17P2/c1-5-9-13-17-21-25-29-33-37-39-41-43-47-50-54-58-62-66-70-74-87(92)100-80-85(106-89(94)76-72-68-64-60-56-52-48-44-42-40-38-34-30-26-22-18-14-10-6-2)82-104-108(97,98)102-78-83(90)77-101-107(95,96)103-81-84(105-88(93)75-71-67-63-59-55-51-46-36-32-28-24-20-16-12-8-4)79-99-86(91)73-69-65-61-57-53-49-45-35-31-27-23-19-15-11-7-3/h21-23,25-27,33-38,41-46,50,52,54,56,62,64,66,68,83-85,90H,5-20,24,28-32,39-40,47-49,51,53,55,57-61,63,65,67,69-82H2,1-4H3,(H,95,96)(H,97,98)/b25-21-,26-22-,27-23-,37-33-,38-34-,43-41-,44-42-,45-35-,46-36-,54-50-,56-52-,66-62-,68-64-/t83?,84-,85-/m1/s1. The highest BCUT2D eigenvalue weighted by Crippen LogP contribution is 2.45. The molecule has 0 radical (unpaired) electrons. The SMILES string of the molecule is CCCCC/C=C\C/C=C\C/C=C\C/C=C\C/C=C\CCC(=O)OC[C@H](COP(=O)(O)OCC(O)COP(=O)(O)OC[C@@H](COC(=O)CCCCCCC/C=C\C/C=C\CCCCC)OC(=O)CCCCCCC/C=C\CCCCCCCC)OC(=O)CC/C=C\C/C=C\C/C=C\C/C=C\C/C=C\CCCCC. The fourth-order valence-electron chi connectivity index (χ4n) is 10.6. The minimum absolute atomic E-state index is 0.0172. The van der Waals surface area contributed by atoms with Gasteiger partial charge >= 0.3 is 39.5 Å². The molecule has 19 heteroatoms. The zero-order valence-corrected chi connectivity index (χ0v) is 69.3. The molecule has 0 bridgehead atoms. The summed E-state index contributed by atoms with van der Waals surface area (Å²) in [4.78, 5) is 73.1. The van der Waals surface area contributed by atoms with Crippen LogP contribution in [-0.2, 0) is 65.4 Å². The Morgan fingerprint density at radius 2 is 0.472 bits per heavy atom. The minimum atomic E-state index is -5.02. The average molecular weight is 1550 g/mol. The van der Waals surface area contributed by atoms with Crippen molar-refractivity contribution in [3.05, 3.63) is 158 Å². The maximum atomic E-state index is 13.1. The summed E-state index contributed by atoms with van der Waals surface area (Å²) in [6, 6.07) is 0. The van der Waals surface area contributed by atoms with Gasteiger partial charge in [-0.1, -0.05) is 295 Å². The van der Waals surface area contributed by atoms with Gasteiger partial charge in [-0.3, -0.25) is 37.3 Å². The molecule has 3 N–H and O–H groups in total. The van der Waals surface area contributed by atoms with Crippen LogP contribution in [0.2, 0.25) is 0 Å². The van der Waals surface area contributed by atoms with Crippen LogP contribution in [0.1, 0.15) is 323 Å². The Hall–Kier alpha value is -5.32. The molecular formula is C89H148O17P2. The van der Waals surface area contributed by atoms with Gasteiger partial charge in [-0.05, 0) is 161 Å². The van der Waals surface area contributed by atoms with E-state index in [1.54, 1.807) is 0 Å². The van der Waals surface area contributed by atoms with E-state index in [9.17, 15) is 43.2 Å². The highest BCUT2D eigenvalue weighted by atomic mass is 31.2. The lowest BCUT2D eigenvalue weighted by atomic mass is 10.1. The number of esters is 4. The second-order valence-corrected chi connectivity index (χ2v) is 30.3. The van der Waals surface area contributed by atoms with Crippen molar-refractivity contribution in [3.63, 3.8) is 0 Å². The van der Waals surface area contributed by atoms with Crippen LogP contribution in [0.5, 0.6) is 0 Å². The van der Waals surface area contributed by atoms with Gasteiger partial charge in [-0.2, -0.15) is 0 Å². The second kappa shape index (κ2) is 79.8. The Morgan fingerprint density at radius 3 is 0.796 bits per heavy atom. The van der Waals surface area contributed by atoms with Crippen LogP contribution in [0.4, 0.5) is 0 Å². The fraction of sp³-hybridized carbons (Fsp3) is 0.663. The molecule has 0 heterocycles. The smallest absolute Gasteiger partial charge is 0.462 e. The van der Waals surface area contributed by atoms with E-state index in [1.807, 2.05) is 36.5 Å². The number of hydrogen-bond donors (Lipinski definition) is 3. The van der Waals surface area contributed by atoms with Crippen LogP contribution in [0.15, 0.2) is 158 Å². The first-order valence-corrected chi connectivity index (χ1v) is 44.7. The molecule has 0 fully saturated rings. The summed E-state index contributed by atoms with van der Waals surface area (Å²) in [5.74, 6) is -2.40. The predicted octanol–water partition coefficient (Wildman–Crippen LogP) is 24.8. The first-order chi connectivity index (χ1) is 52.7. The monoisotopic (exact) mass is 1550 g/mol. The summed E-state index contributed by atoms with van der Waals surface area (Å²) in [6.45, 7) is 4.60. The molecule has 0 saturated carbocycles. The number of unbranched alkanes of at least 4 members (excludes halogenated alkanes) is 25. The summed E-state index contributed by atoms with van der Waals surface area (Å²) in [5, 5.41) is 10.7. The molecule has 0 aromatic heterocycles. The molecule has 3 unspecified atom stereocenters. The van der Waals surface area contributed by atoms with Crippen LogP contribution < -0.4 is 0 Å². The Balaban J connectivity index is 5.54. The van der Waals surface area contributed by atoms with Crippen LogP contribution >= 0.6 is 15.6 Å². The fourth-order valence-corrected chi connectivity index (χ4v) is 12.1. The Labute approximate surface area is 655 Å². The summed E-state index contributed by atoms with van der Waals surface area (Å²) >= 11 is 0. The normalized spacial score (nSPS) is 14.6. The Morgan fingerprint density at radius 1 is 0.259 bits per heavy atom. The van der Waals surface area contributed by atoms with Gasteiger partial charge in [0.15, 0.2) is 12.2 Å². The minimum Gasteiger partial charge on any atom is -0.462 e. The molecule has 0 rings (SSSR count). The molecule has 0 aromatic carbocycles. The number of carbonyl (C=O) groups excluding carboxylic acids is 4. The zero-order chi connectivity index (χ0) is 78.9. The number of aliphatic hydroxyl groups excluding tert-OH is 1. The molecule has 0 aliphatic carbocycles. The van der Waals surface area contributed by atoms with E-state index < -0.39 is 97.5 Å². The quantitative estimate of drug-likeness (QED) is 0.0169. The van der Waals surface area contributed by atoms with Gasteiger partial charge in [0.05, 0.1) is 26.4 Å². The lowest BCUT2D eigenvalue weighted by molar-refractivity contribution is -0.161. The first-order valence-electron chi connectivity index (χ1n) is 41.7. The van der Waals surface area contributed by atoms with Crippen molar-refractivity contribution in [2.24, 2.45) is 0 Å². The Bertz CT molecular complexity index is 2660. The van der Waals surface area contributed by atoms with Crippen molar-refractivity contribution in [2.45, 2.75) is 341 Å². The molecule has 17 nitrogen and oxygen atoms in total. The lowest BCUT2D eigenvalue weighted by Crippen LogP contribution is -2.30. The second-order valence-electron chi connectivity index (χ2n) is 27.3. The number of hydrogen-bond acceptors (Lipinski definition) is 15. The van der Waals surface area contributed by atoms with Crippen molar-refractivity contribution >= 4 is 39.5 Å². The number of phosphoric acid groups is 2. The van der Waals surface area contributed by atoms with E-state index in [2.05, 4.69) is 149 Å². The van der Waals surface area contributed by atoms with E-state index >= 15 is 0 Å². The molecule has 5 atom stereocenters. The van der Waals surface area contributed by atoms with Gasteiger partial charge in [0.1, 0.15) is 19.3 Å². The van der Waals surface area contributed by atoms with Crippen LogP contribution in [0, 0.1) is 0 Å². The van der Waals surface area contributed by atoms with Crippen LogP contribution in [0.3, 0.4) is 0 Å². The maximum absolute atomic E-state index is 13.1. The summed E-state index contributed by atoms with van der Waals surface area (Å²) in [7, 11) is -10.0. The van der Waals surface area contributed by atoms with Crippen molar-refractivity contribution < 1.29 is 80.2 Å². The van der Waals surface area contributed by atoms with Gasteiger partial charge in [0, 0.05) is 25.7 Å². The molecular weight excluding hydrogens is 1400 g/mol. The van der Waals surface area contributed by atoms with Crippen LogP contribution in [-0.4, -0.2) is 96.7 Å². The van der Waals surface area contributed by atoms with Crippen molar-refractivity contribution in [1.82, 2.24) is 0 Å². The molecule has 0 amide bonds. The average Bonchev–Trinajstić information content (AvgIpc) is 0.896. The number of allylic oxidation sites excluding steroid dienone is 26. The molecule has 0 saturated heterocycles. The predicted molar refractivity (Wildman–Crippen MR) is 445 cm³/mol. The topological polar surface area (TPSA) is 237 Å². The Kier molecular flexibility index (Phi) is 75.8. The first kappa shape index (κ1) is 103. The molecule has 0 aliphatic rings. The van der Waals surface area contributed by atoms with Gasteiger partial charge in [-0.15, -0.1) is 0 Å². The molecule has 0 aliphatic heterocycles.